The predicted octanol–water partition coefficient (Wildman–Crippen LogP) is 1.94. The van der Waals surface area contributed by atoms with Gasteiger partial charge in [-0.25, -0.2) is 13.1 Å². The average Bonchev–Trinajstić information content (AvgIpc) is 2.20. The van der Waals surface area contributed by atoms with E-state index >= 15 is 0 Å². The zero-order valence-corrected chi connectivity index (χ0v) is 13.0. The van der Waals surface area contributed by atoms with Crippen molar-refractivity contribution in [1.82, 2.24) is 4.72 Å². The maximum atomic E-state index is 12.3. The zero-order chi connectivity index (χ0) is 14.0. The molecule has 0 aromatic carbocycles. The molecule has 0 bridgehead atoms. The van der Waals surface area contributed by atoms with Crippen molar-refractivity contribution in [3.05, 3.63) is 0 Å². The number of sulfonamides is 1. The first kappa shape index (κ1) is 15.9. The summed E-state index contributed by atoms with van der Waals surface area (Å²) < 4.78 is 27.4. The van der Waals surface area contributed by atoms with Crippen molar-refractivity contribution in [1.29, 1.82) is 0 Å². The second kappa shape index (κ2) is 5.84. The molecule has 0 radical (unpaired) electrons. The molecule has 2 atom stereocenters. The van der Waals surface area contributed by atoms with Crippen molar-refractivity contribution < 1.29 is 8.42 Å². The third-order valence-electron chi connectivity index (χ3n) is 3.88. The molecular formula is C12H24N2O2S2. The van der Waals surface area contributed by atoms with Crippen LogP contribution in [0.2, 0.25) is 0 Å². The Labute approximate surface area is 116 Å². The summed E-state index contributed by atoms with van der Waals surface area (Å²) in [4.78, 5) is 0.0543. The van der Waals surface area contributed by atoms with E-state index < -0.39 is 15.3 Å². The molecule has 0 amide bonds. The third-order valence-corrected chi connectivity index (χ3v) is 6.26. The van der Waals surface area contributed by atoms with Gasteiger partial charge >= 0.3 is 0 Å². The monoisotopic (exact) mass is 292 g/mol. The largest absolute Gasteiger partial charge is 0.392 e. The average molecular weight is 292 g/mol. The van der Waals surface area contributed by atoms with Gasteiger partial charge in [0.05, 0.1) is 4.99 Å². The standard InChI is InChI=1S/C12H24N2O2S2/c1-4-9(11(13)17)18(15,16)14-10-7-5-6-8-12(10,2)3/h9-10,14H,4-8H2,1-3H3,(H2,13,17). The van der Waals surface area contributed by atoms with E-state index in [0.717, 1.165) is 25.7 Å². The van der Waals surface area contributed by atoms with E-state index in [0.29, 0.717) is 6.42 Å². The molecule has 6 heteroatoms. The van der Waals surface area contributed by atoms with Crippen LogP contribution in [0.3, 0.4) is 0 Å². The van der Waals surface area contributed by atoms with E-state index in [1.165, 1.54) is 0 Å². The molecule has 1 fully saturated rings. The number of hydrogen-bond donors (Lipinski definition) is 2. The highest BCUT2D eigenvalue weighted by molar-refractivity contribution is 7.93. The Hall–Kier alpha value is -0.200. The number of rotatable bonds is 5. The first-order chi connectivity index (χ1) is 8.20. The van der Waals surface area contributed by atoms with Crippen LogP contribution in [0.5, 0.6) is 0 Å². The summed E-state index contributed by atoms with van der Waals surface area (Å²) in [6.07, 6.45) is 4.58. The summed E-state index contributed by atoms with van der Waals surface area (Å²) in [6.45, 7) is 6.01. The van der Waals surface area contributed by atoms with Crippen LogP contribution in [-0.4, -0.2) is 24.7 Å². The summed E-state index contributed by atoms with van der Waals surface area (Å²) in [5.74, 6) is 0. The second-order valence-corrected chi connectivity index (χ2v) is 8.12. The zero-order valence-electron chi connectivity index (χ0n) is 11.4. The lowest BCUT2D eigenvalue weighted by atomic mass is 9.74. The van der Waals surface area contributed by atoms with Crippen molar-refractivity contribution in [2.24, 2.45) is 11.1 Å². The van der Waals surface area contributed by atoms with Crippen LogP contribution in [0, 0.1) is 5.41 Å². The van der Waals surface area contributed by atoms with Gasteiger partial charge in [0.2, 0.25) is 10.0 Å². The third kappa shape index (κ3) is 3.65. The highest BCUT2D eigenvalue weighted by atomic mass is 32.2. The number of hydrogen-bond acceptors (Lipinski definition) is 3. The molecule has 0 aromatic heterocycles. The second-order valence-electron chi connectivity index (χ2n) is 5.75. The summed E-state index contributed by atoms with van der Waals surface area (Å²) in [6, 6.07) is -0.0142. The van der Waals surface area contributed by atoms with Gasteiger partial charge in [0, 0.05) is 6.04 Å². The van der Waals surface area contributed by atoms with Gasteiger partial charge in [0.1, 0.15) is 5.25 Å². The van der Waals surface area contributed by atoms with E-state index in [4.69, 9.17) is 18.0 Å². The fourth-order valence-corrected chi connectivity index (χ4v) is 4.86. The van der Waals surface area contributed by atoms with Crippen molar-refractivity contribution in [3.63, 3.8) is 0 Å². The molecule has 2 unspecified atom stereocenters. The number of nitrogens with one attached hydrogen (secondary N) is 1. The molecule has 1 saturated carbocycles. The van der Waals surface area contributed by atoms with E-state index in [9.17, 15) is 8.42 Å². The maximum Gasteiger partial charge on any atom is 0.221 e. The summed E-state index contributed by atoms with van der Waals surface area (Å²) in [5.41, 5.74) is 5.52. The van der Waals surface area contributed by atoms with Crippen molar-refractivity contribution in [2.45, 2.75) is 64.2 Å². The predicted molar refractivity (Wildman–Crippen MR) is 79.0 cm³/mol. The van der Waals surface area contributed by atoms with Crippen molar-refractivity contribution in [3.8, 4) is 0 Å². The van der Waals surface area contributed by atoms with E-state index in [2.05, 4.69) is 18.6 Å². The van der Waals surface area contributed by atoms with Crippen LogP contribution in [-0.2, 0) is 10.0 Å². The van der Waals surface area contributed by atoms with Crippen LogP contribution in [0.1, 0.15) is 52.9 Å². The van der Waals surface area contributed by atoms with Crippen LogP contribution in [0.15, 0.2) is 0 Å². The highest BCUT2D eigenvalue weighted by Gasteiger charge is 2.37. The smallest absolute Gasteiger partial charge is 0.221 e. The Morgan fingerprint density at radius 3 is 2.56 bits per heavy atom. The molecule has 18 heavy (non-hydrogen) atoms. The minimum absolute atomic E-state index is 0.000170. The maximum absolute atomic E-state index is 12.3. The van der Waals surface area contributed by atoms with Crippen LogP contribution >= 0.6 is 12.2 Å². The fraction of sp³-hybridized carbons (Fsp3) is 0.917. The molecule has 0 aromatic rings. The first-order valence-corrected chi connectivity index (χ1v) is 8.46. The number of thiocarbonyl (C=S) groups is 1. The highest BCUT2D eigenvalue weighted by Crippen LogP contribution is 2.36. The molecule has 0 spiro atoms. The molecule has 0 saturated heterocycles. The quantitative estimate of drug-likeness (QED) is 0.760. The minimum Gasteiger partial charge on any atom is -0.392 e. The fourth-order valence-electron chi connectivity index (χ4n) is 2.57. The number of nitrogens with two attached hydrogens (primary N) is 1. The SMILES string of the molecule is CCC(C(N)=S)S(=O)(=O)NC1CCCCC1(C)C. The van der Waals surface area contributed by atoms with Gasteiger partial charge in [0.15, 0.2) is 0 Å². The molecule has 106 valence electrons. The Kier molecular flexibility index (Phi) is 5.14. The van der Waals surface area contributed by atoms with E-state index in [1.807, 2.05) is 0 Å². The Morgan fingerprint density at radius 1 is 1.50 bits per heavy atom. The van der Waals surface area contributed by atoms with Crippen LogP contribution in [0.4, 0.5) is 0 Å². The molecule has 0 aliphatic heterocycles. The van der Waals surface area contributed by atoms with Crippen LogP contribution < -0.4 is 10.5 Å². The Bertz CT molecular complexity index is 404. The molecule has 1 aliphatic rings. The lowest BCUT2D eigenvalue weighted by molar-refractivity contribution is 0.188. The van der Waals surface area contributed by atoms with E-state index in [-0.39, 0.29) is 16.4 Å². The molecule has 3 N–H and O–H groups in total. The molecule has 0 heterocycles. The molecule has 1 rings (SSSR count). The molecule has 1 aliphatic carbocycles. The van der Waals surface area contributed by atoms with Gasteiger partial charge in [0.25, 0.3) is 0 Å². The Morgan fingerprint density at radius 2 is 2.11 bits per heavy atom. The van der Waals surface area contributed by atoms with Gasteiger partial charge < -0.3 is 5.73 Å². The van der Waals surface area contributed by atoms with E-state index in [1.54, 1.807) is 6.92 Å². The van der Waals surface area contributed by atoms with Gasteiger partial charge in [-0.3, -0.25) is 0 Å². The van der Waals surface area contributed by atoms with Crippen LogP contribution in [0.25, 0.3) is 0 Å². The molecule has 4 nitrogen and oxygen atoms in total. The first-order valence-electron chi connectivity index (χ1n) is 6.51. The lowest BCUT2D eigenvalue weighted by Crippen LogP contribution is -2.51. The summed E-state index contributed by atoms with van der Waals surface area (Å²) >= 11 is 4.85. The topological polar surface area (TPSA) is 72.2 Å². The summed E-state index contributed by atoms with van der Waals surface area (Å²) in [5, 5.41) is -0.759. The van der Waals surface area contributed by atoms with Gasteiger partial charge in [-0.1, -0.05) is 45.8 Å². The summed E-state index contributed by atoms with van der Waals surface area (Å²) in [7, 11) is -3.46. The van der Waals surface area contributed by atoms with Crippen molar-refractivity contribution >= 4 is 27.2 Å². The van der Waals surface area contributed by atoms with Gasteiger partial charge in [-0.2, -0.15) is 0 Å². The van der Waals surface area contributed by atoms with Crippen molar-refractivity contribution in [2.75, 3.05) is 0 Å². The lowest BCUT2D eigenvalue weighted by Gasteiger charge is -2.39. The molecular weight excluding hydrogens is 268 g/mol. The van der Waals surface area contributed by atoms with Gasteiger partial charge in [-0.05, 0) is 24.7 Å². The van der Waals surface area contributed by atoms with Gasteiger partial charge in [-0.15, -0.1) is 0 Å². The Balaban J connectivity index is 2.85. The normalized spacial score (nSPS) is 25.6. The minimum atomic E-state index is -3.46.